The maximum absolute atomic E-state index is 5.32. The Morgan fingerprint density at radius 3 is 1.37 bits per heavy atom. The van der Waals surface area contributed by atoms with E-state index in [1.165, 1.54) is 48.6 Å². The summed E-state index contributed by atoms with van der Waals surface area (Å²) in [5, 5.41) is 5.43. The molecule has 0 unspecified atom stereocenters. The van der Waals surface area contributed by atoms with Crippen LogP contribution >= 0.6 is 0 Å². The van der Waals surface area contributed by atoms with Crippen LogP contribution in [0.2, 0.25) is 0 Å². The van der Waals surface area contributed by atoms with Crippen LogP contribution in [0.15, 0.2) is 176 Å². The van der Waals surface area contributed by atoms with Crippen LogP contribution in [-0.4, -0.2) is 23.0 Å². The molecule has 0 bridgehead atoms. The summed E-state index contributed by atoms with van der Waals surface area (Å²) >= 11 is 0. The van der Waals surface area contributed by atoms with Crippen LogP contribution in [0, 0.1) is 13.8 Å². The average Bonchev–Trinajstić information content (AvgIpc) is 3.50. The van der Waals surface area contributed by atoms with E-state index < -0.39 is 8.07 Å². The third kappa shape index (κ3) is 5.23. The zero-order valence-electron chi connectivity index (χ0n) is 28.6. The molecule has 1 aliphatic rings. The number of benzene rings is 7. The van der Waals surface area contributed by atoms with E-state index >= 15 is 0 Å². The maximum Gasteiger partial charge on any atom is 0.181 e. The molecule has 0 amide bonds. The molecular weight excluding hydrogens is 635 g/mol. The number of hydrogen-bond donors (Lipinski definition) is 0. The van der Waals surface area contributed by atoms with E-state index in [0.29, 0.717) is 17.5 Å². The van der Waals surface area contributed by atoms with Gasteiger partial charge in [-0.1, -0.05) is 187 Å². The molecule has 4 heteroatoms. The minimum absolute atomic E-state index is 0.657. The van der Waals surface area contributed by atoms with Crippen LogP contribution in [0.3, 0.4) is 0 Å². The fraction of sp³-hybridized carbons (Fsp3) is 0.0426. The number of nitrogens with zero attached hydrogens (tertiary/aromatic N) is 3. The van der Waals surface area contributed by atoms with Gasteiger partial charge in [0.15, 0.2) is 25.5 Å². The molecule has 0 spiro atoms. The fourth-order valence-corrected chi connectivity index (χ4v) is 13.0. The molecule has 0 saturated carbocycles. The molecule has 2 heterocycles. The second-order valence-corrected chi connectivity index (χ2v) is 17.1. The van der Waals surface area contributed by atoms with E-state index in [9.17, 15) is 0 Å². The molecule has 0 saturated heterocycles. The van der Waals surface area contributed by atoms with Gasteiger partial charge in [-0.3, -0.25) is 0 Å². The van der Waals surface area contributed by atoms with E-state index in [-0.39, 0.29) is 0 Å². The molecule has 9 rings (SSSR count). The first kappa shape index (κ1) is 30.8. The summed E-state index contributed by atoms with van der Waals surface area (Å²) in [5.41, 5.74) is 10.3. The average molecular weight is 670 g/mol. The minimum Gasteiger partial charge on any atom is -0.208 e. The van der Waals surface area contributed by atoms with Crippen molar-refractivity contribution in [1.82, 2.24) is 15.0 Å². The quantitative estimate of drug-likeness (QED) is 0.167. The second-order valence-electron chi connectivity index (χ2n) is 13.4. The van der Waals surface area contributed by atoms with Crippen LogP contribution in [0.1, 0.15) is 11.1 Å². The number of rotatable bonds is 6. The van der Waals surface area contributed by atoms with Crippen molar-refractivity contribution in [2.75, 3.05) is 0 Å². The topological polar surface area (TPSA) is 38.7 Å². The lowest BCUT2D eigenvalue weighted by Gasteiger charge is -2.32. The molecule has 8 aromatic rings. The van der Waals surface area contributed by atoms with Crippen LogP contribution in [0.4, 0.5) is 0 Å². The summed E-state index contributed by atoms with van der Waals surface area (Å²) < 4.78 is 0. The highest BCUT2D eigenvalue weighted by molar-refractivity contribution is 7.22. The normalized spacial score (nSPS) is 12.7. The molecule has 0 aliphatic carbocycles. The lowest BCUT2D eigenvalue weighted by atomic mass is 10.0. The third-order valence-electron chi connectivity index (χ3n) is 10.2. The fourth-order valence-electron chi connectivity index (χ4n) is 7.70. The Labute approximate surface area is 300 Å². The SMILES string of the molecule is Cc1ccc([Si]2(c3ccc(C)cc3)c3ccccc3-c3cccc(-c4nc(-c5ccccc5)nc(-c5ccc(-c6ccccc6)cc5)n4)c32)cc1. The van der Waals surface area contributed by atoms with Gasteiger partial charge < -0.3 is 0 Å². The Balaban J connectivity index is 1.32. The van der Waals surface area contributed by atoms with Gasteiger partial charge in [0.05, 0.1) is 0 Å². The molecule has 0 atom stereocenters. The van der Waals surface area contributed by atoms with E-state index in [2.05, 4.69) is 166 Å². The zero-order chi connectivity index (χ0) is 34.4. The van der Waals surface area contributed by atoms with Crippen molar-refractivity contribution in [2.45, 2.75) is 13.8 Å². The lowest BCUT2D eigenvalue weighted by Crippen LogP contribution is -2.73. The van der Waals surface area contributed by atoms with Crippen molar-refractivity contribution < 1.29 is 0 Å². The molecule has 0 radical (unpaired) electrons. The first-order valence-corrected chi connectivity index (χ1v) is 19.4. The van der Waals surface area contributed by atoms with E-state index in [1.54, 1.807) is 0 Å². The van der Waals surface area contributed by atoms with Gasteiger partial charge in [0.25, 0.3) is 0 Å². The summed E-state index contributed by atoms with van der Waals surface area (Å²) in [7, 11) is -2.84. The van der Waals surface area contributed by atoms with Crippen molar-refractivity contribution in [3.05, 3.63) is 187 Å². The van der Waals surface area contributed by atoms with Gasteiger partial charge in [-0.05, 0) is 56.8 Å². The minimum atomic E-state index is -2.84. The van der Waals surface area contributed by atoms with Crippen molar-refractivity contribution in [1.29, 1.82) is 0 Å². The Bertz CT molecular complexity index is 2460. The Morgan fingerprint density at radius 1 is 0.333 bits per heavy atom. The van der Waals surface area contributed by atoms with E-state index in [1.807, 2.05) is 24.3 Å². The molecule has 1 aromatic heterocycles. The summed E-state index contributed by atoms with van der Waals surface area (Å²) in [4.78, 5) is 15.7. The Kier molecular flexibility index (Phi) is 7.60. The molecule has 51 heavy (non-hydrogen) atoms. The van der Waals surface area contributed by atoms with Crippen LogP contribution in [0.5, 0.6) is 0 Å². The first-order chi connectivity index (χ1) is 25.1. The van der Waals surface area contributed by atoms with Crippen molar-refractivity contribution >= 4 is 28.8 Å². The summed E-state index contributed by atoms with van der Waals surface area (Å²) in [6, 6.07) is 63.4. The molecule has 242 valence electrons. The molecule has 3 nitrogen and oxygen atoms in total. The summed E-state index contributed by atoms with van der Waals surface area (Å²) in [6.45, 7) is 4.32. The van der Waals surface area contributed by atoms with Gasteiger partial charge in [0.2, 0.25) is 0 Å². The Hall–Kier alpha value is -6.23. The number of aryl methyl sites for hydroxylation is 2. The maximum atomic E-state index is 5.32. The first-order valence-electron chi connectivity index (χ1n) is 17.4. The van der Waals surface area contributed by atoms with Crippen LogP contribution < -0.4 is 20.7 Å². The van der Waals surface area contributed by atoms with Gasteiger partial charge in [-0.15, -0.1) is 0 Å². The van der Waals surface area contributed by atoms with E-state index in [4.69, 9.17) is 15.0 Å². The zero-order valence-corrected chi connectivity index (χ0v) is 29.6. The van der Waals surface area contributed by atoms with Gasteiger partial charge >= 0.3 is 0 Å². The van der Waals surface area contributed by atoms with Gasteiger partial charge in [-0.2, -0.15) is 0 Å². The smallest absolute Gasteiger partial charge is 0.181 e. The largest absolute Gasteiger partial charge is 0.208 e. The van der Waals surface area contributed by atoms with Crippen LogP contribution in [-0.2, 0) is 0 Å². The predicted octanol–water partition coefficient (Wildman–Crippen LogP) is 8.51. The number of aromatic nitrogens is 3. The lowest BCUT2D eigenvalue weighted by molar-refractivity contribution is 1.08. The van der Waals surface area contributed by atoms with Crippen molar-refractivity contribution in [3.63, 3.8) is 0 Å². The van der Waals surface area contributed by atoms with Gasteiger partial charge in [0.1, 0.15) is 0 Å². The highest BCUT2D eigenvalue weighted by Gasteiger charge is 2.50. The highest BCUT2D eigenvalue weighted by Crippen LogP contribution is 2.34. The summed E-state index contributed by atoms with van der Waals surface area (Å²) in [5.74, 6) is 2.00. The number of fused-ring (bicyclic) bond motifs is 3. The standard InChI is InChI=1S/C47H35N3Si/c1-32-20-28-38(29-21-32)51(39-30-22-33(2)23-31-39)43-19-10-9-16-40(43)41-17-11-18-42(44(41)51)47-49-45(36-14-7-4-8-15-36)48-46(50-47)37-26-24-35(25-27-37)34-12-5-3-6-13-34/h3-31H,1-2H3. The third-order valence-corrected chi connectivity index (χ3v) is 15.1. The Morgan fingerprint density at radius 2 is 0.765 bits per heavy atom. The molecule has 0 N–H and O–H groups in total. The number of hydrogen-bond acceptors (Lipinski definition) is 3. The second kappa shape index (κ2) is 12.6. The van der Waals surface area contributed by atoms with Crippen LogP contribution in [0.25, 0.3) is 56.4 Å². The summed E-state index contributed by atoms with van der Waals surface area (Å²) in [6.07, 6.45) is 0. The van der Waals surface area contributed by atoms with Crippen molar-refractivity contribution in [3.8, 4) is 56.4 Å². The van der Waals surface area contributed by atoms with Gasteiger partial charge in [0, 0.05) is 16.7 Å². The predicted molar refractivity (Wildman–Crippen MR) is 214 cm³/mol. The van der Waals surface area contributed by atoms with E-state index in [0.717, 1.165) is 22.3 Å². The van der Waals surface area contributed by atoms with Gasteiger partial charge in [-0.25, -0.2) is 15.0 Å². The molecule has 0 fully saturated rings. The van der Waals surface area contributed by atoms with Crippen molar-refractivity contribution in [2.24, 2.45) is 0 Å². The monoisotopic (exact) mass is 669 g/mol. The highest BCUT2D eigenvalue weighted by atomic mass is 28.3. The molecular formula is C47H35N3Si. The molecule has 1 aliphatic heterocycles. The molecule has 7 aromatic carbocycles.